The first-order valence-corrected chi connectivity index (χ1v) is 15.0. The van der Waals surface area contributed by atoms with E-state index in [1.54, 1.807) is 18.9 Å². The minimum Gasteiger partial charge on any atom is -0.344 e. The highest BCUT2D eigenvalue weighted by atomic mass is 16.2. The molecule has 2 aromatic carbocycles. The Labute approximate surface area is 243 Å². The summed E-state index contributed by atoms with van der Waals surface area (Å²) >= 11 is 0. The molecule has 1 heterocycles. The zero-order valence-electron chi connectivity index (χ0n) is 24.5. The highest BCUT2D eigenvalue weighted by Gasteiger charge is 2.42. The lowest BCUT2D eigenvalue weighted by Crippen LogP contribution is -2.59. The van der Waals surface area contributed by atoms with E-state index in [0.29, 0.717) is 19.4 Å². The van der Waals surface area contributed by atoms with Crippen molar-refractivity contribution < 1.29 is 19.2 Å². The number of Topliss-reactive ketones (excluding diaryl/α,β-unsaturated/α-hetero) is 1. The SMILES string of the molecule is CNC(C)C(=O)NC(C(=O)N1CCCC1C(=O)NC(C(C)=O)C(c1ccccc1)c1ccccc1)C1CCCCC1. The van der Waals surface area contributed by atoms with Crippen LogP contribution in [0.2, 0.25) is 0 Å². The van der Waals surface area contributed by atoms with Crippen LogP contribution in [-0.2, 0) is 19.2 Å². The van der Waals surface area contributed by atoms with Gasteiger partial charge in [0.1, 0.15) is 12.1 Å². The maximum absolute atomic E-state index is 14.0. The van der Waals surface area contributed by atoms with Crippen LogP contribution in [0.15, 0.2) is 60.7 Å². The van der Waals surface area contributed by atoms with Gasteiger partial charge >= 0.3 is 0 Å². The molecule has 8 nitrogen and oxygen atoms in total. The van der Waals surface area contributed by atoms with E-state index in [-0.39, 0.29) is 35.3 Å². The smallest absolute Gasteiger partial charge is 0.246 e. The summed E-state index contributed by atoms with van der Waals surface area (Å²) in [5.74, 6) is -1.23. The fraction of sp³-hybridized carbons (Fsp3) is 0.515. The van der Waals surface area contributed by atoms with Gasteiger partial charge in [-0.2, -0.15) is 0 Å². The van der Waals surface area contributed by atoms with E-state index in [1.165, 1.54) is 6.92 Å². The van der Waals surface area contributed by atoms with Gasteiger partial charge < -0.3 is 20.9 Å². The van der Waals surface area contributed by atoms with Crippen molar-refractivity contribution in [1.82, 2.24) is 20.9 Å². The molecule has 2 aliphatic rings. The fourth-order valence-electron chi connectivity index (χ4n) is 6.31. The molecule has 8 heteroatoms. The minimum atomic E-state index is -0.796. The van der Waals surface area contributed by atoms with Gasteiger partial charge in [0.15, 0.2) is 5.78 Å². The van der Waals surface area contributed by atoms with Gasteiger partial charge in [-0.15, -0.1) is 0 Å². The van der Waals surface area contributed by atoms with Gasteiger partial charge in [-0.1, -0.05) is 79.9 Å². The van der Waals surface area contributed by atoms with Crippen molar-refractivity contribution in [3.63, 3.8) is 0 Å². The second-order valence-electron chi connectivity index (χ2n) is 11.5. The Balaban J connectivity index is 1.57. The summed E-state index contributed by atoms with van der Waals surface area (Å²) in [6.07, 6.45) is 6.13. The van der Waals surface area contributed by atoms with E-state index < -0.39 is 24.2 Å². The summed E-state index contributed by atoms with van der Waals surface area (Å²) in [4.78, 5) is 55.5. The minimum absolute atomic E-state index is 0.0408. The third kappa shape index (κ3) is 7.41. The predicted octanol–water partition coefficient (Wildman–Crippen LogP) is 3.56. The summed E-state index contributed by atoms with van der Waals surface area (Å²) < 4.78 is 0. The lowest BCUT2D eigenvalue weighted by molar-refractivity contribution is -0.143. The topological polar surface area (TPSA) is 108 Å². The number of likely N-dealkylation sites (tertiary alicyclic amines) is 1. The Morgan fingerprint density at radius 1 is 0.805 bits per heavy atom. The van der Waals surface area contributed by atoms with Crippen molar-refractivity contribution in [1.29, 1.82) is 0 Å². The maximum atomic E-state index is 14.0. The van der Waals surface area contributed by atoms with Gasteiger partial charge in [0.25, 0.3) is 0 Å². The Hall–Kier alpha value is -3.52. The number of hydrogen-bond acceptors (Lipinski definition) is 5. The Morgan fingerprint density at radius 3 is 1.93 bits per heavy atom. The van der Waals surface area contributed by atoms with Gasteiger partial charge in [0.2, 0.25) is 17.7 Å². The Bertz CT molecular complexity index is 1140. The van der Waals surface area contributed by atoms with Gasteiger partial charge in [-0.05, 0) is 63.6 Å². The Morgan fingerprint density at radius 2 is 1.39 bits per heavy atom. The van der Waals surface area contributed by atoms with Crippen LogP contribution in [0.3, 0.4) is 0 Å². The molecule has 3 amide bonds. The number of hydrogen-bond donors (Lipinski definition) is 3. The first-order valence-electron chi connectivity index (χ1n) is 15.0. The number of benzene rings is 2. The Kier molecular flexibility index (Phi) is 10.7. The molecule has 2 fully saturated rings. The fourth-order valence-corrected chi connectivity index (χ4v) is 6.31. The highest BCUT2D eigenvalue weighted by molar-refractivity contribution is 5.95. The number of nitrogens with one attached hydrogen (secondary N) is 3. The second kappa shape index (κ2) is 14.4. The van der Waals surface area contributed by atoms with Gasteiger partial charge in [0.05, 0.1) is 12.1 Å². The third-order valence-electron chi connectivity index (χ3n) is 8.74. The molecule has 2 aromatic rings. The molecule has 0 radical (unpaired) electrons. The molecule has 3 N–H and O–H groups in total. The third-order valence-corrected chi connectivity index (χ3v) is 8.74. The maximum Gasteiger partial charge on any atom is 0.246 e. The largest absolute Gasteiger partial charge is 0.344 e. The molecule has 4 rings (SSSR count). The van der Waals surface area contributed by atoms with Crippen molar-refractivity contribution in [2.24, 2.45) is 5.92 Å². The van der Waals surface area contributed by atoms with Gasteiger partial charge in [-0.3, -0.25) is 19.2 Å². The standard InChI is InChI=1S/C33H44N4O4/c1-22(34-3)31(39)36-30(26-18-11-6-12-19-26)33(41)37-21-13-20-27(37)32(40)35-29(23(2)38)28(24-14-7-4-8-15-24)25-16-9-5-10-17-25/h4-5,7-10,14-17,22,26-30,34H,6,11-13,18-21H2,1-3H3,(H,35,40)(H,36,39). The molecule has 41 heavy (non-hydrogen) atoms. The van der Waals surface area contributed by atoms with E-state index in [2.05, 4.69) is 16.0 Å². The normalized spacial score (nSPS) is 19.8. The van der Waals surface area contributed by atoms with E-state index in [0.717, 1.165) is 43.2 Å². The summed E-state index contributed by atoms with van der Waals surface area (Å²) in [7, 11) is 1.71. The summed E-state index contributed by atoms with van der Waals surface area (Å²) in [5.41, 5.74) is 1.86. The van der Waals surface area contributed by atoms with Crippen LogP contribution < -0.4 is 16.0 Å². The van der Waals surface area contributed by atoms with Crippen LogP contribution in [-0.4, -0.2) is 66.2 Å². The van der Waals surface area contributed by atoms with Crippen LogP contribution in [0.1, 0.15) is 75.8 Å². The molecule has 1 aliphatic carbocycles. The van der Waals surface area contributed by atoms with Crippen molar-refractivity contribution >= 4 is 23.5 Å². The summed E-state index contributed by atoms with van der Waals surface area (Å²) in [6.45, 7) is 3.71. The lowest BCUT2D eigenvalue weighted by Gasteiger charge is -2.35. The quantitative estimate of drug-likeness (QED) is 0.390. The number of amides is 3. The average molecular weight is 561 g/mol. The van der Waals surface area contributed by atoms with E-state index in [9.17, 15) is 19.2 Å². The van der Waals surface area contributed by atoms with Crippen molar-refractivity contribution in [3.8, 4) is 0 Å². The number of nitrogens with zero attached hydrogens (tertiary/aromatic N) is 1. The number of ketones is 1. The van der Waals surface area contributed by atoms with Crippen LogP contribution in [0.4, 0.5) is 0 Å². The van der Waals surface area contributed by atoms with Crippen molar-refractivity contribution in [2.45, 2.75) is 88.9 Å². The number of likely N-dealkylation sites (N-methyl/N-ethyl adjacent to an activating group) is 1. The van der Waals surface area contributed by atoms with E-state index in [4.69, 9.17) is 0 Å². The van der Waals surface area contributed by atoms with Crippen LogP contribution in [0.5, 0.6) is 0 Å². The first kappa shape index (κ1) is 30.4. The zero-order valence-corrected chi connectivity index (χ0v) is 24.5. The van der Waals surface area contributed by atoms with Crippen LogP contribution in [0.25, 0.3) is 0 Å². The first-order chi connectivity index (χ1) is 19.8. The molecule has 0 aromatic heterocycles. The number of carbonyl (C=O) groups is 4. The molecule has 220 valence electrons. The molecule has 1 saturated carbocycles. The molecule has 0 bridgehead atoms. The van der Waals surface area contributed by atoms with E-state index in [1.807, 2.05) is 60.7 Å². The second-order valence-corrected chi connectivity index (χ2v) is 11.5. The molecular weight excluding hydrogens is 516 g/mol. The summed E-state index contributed by atoms with van der Waals surface area (Å²) in [5, 5.41) is 9.01. The zero-order chi connectivity index (χ0) is 29.4. The average Bonchev–Trinajstić information content (AvgIpc) is 3.50. The number of rotatable bonds is 11. The summed E-state index contributed by atoms with van der Waals surface area (Å²) in [6, 6.07) is 16.8. The molecule has 1 saturated heterocycles. The molecule has 4 unspecified atom stereocenters. The molecule has 0 spiro atoms. The van der Waals surface area contributed by atoms with E-state index >= 15 is 0 Å². The molecule has 4 atom stereocenters. The van der Waals surface area contributed by atoms with Crippen LogP contribution >= 0.6 is 0 Å². The van der Waals surface area contributed by atoms with Crippen LogP contribution in [0, 0.1) is 5.92 Å². The highest BCUT2D eigenvalue weighted by Crippen LogP contribution is 2.31. The van der Waals surface area contributed by atoms with Crippen molar-refractivity contribution in [2.75, 3.05) is 13.6 Å². The lowest BCUT2D eigenvalue weighted by atomic mass is 9.83. The monoisotopic (exact) mass is 560 g/mol. The van der Waals surface area contributed by atoms with Crippen molar-refractivity contribution in [3.05, 3.63) is 71.8 Å². The predicted molar refractivity (Wildman–Crippen MR) is 159 cm³/mol. The van der Waals surface area contributed by atoms with Gasteiger partial charge in [0, 0.05) is 12.5 Å². The van der Waals surface area contributed by atoms with Gasteiger partial charge in [-0.25, -0.2) is 0 Å². The molecular formula is C33H44N4O4. The number of carbonyl (C=O) groups excluding carboxylic acids is 4. The molecule has 1 aliphatic heterocycles.